The topological polar surface area (TPSA) is 55.6 Å². The fourth-order valence-electron chi connectivity index (χ4n) is 2.57. The minimum absolute atomic E-state index is 0.0424. The van der Waals surface area contributed by atoms with Gasteiger partial charge in [-0.15, -0.1) is 0 Å². The second-order valence-electron chi connectivity index (χ2n) is 5.35. The van der Waals surface area contributed by atoms with Crippen molar-refractivity contribution in [3.05, 3.63) is 36.2 Å². The van der Waals surface area contributed by atoms with E-state index in [0.29, 0.717) is 19.0 Å². The summed E-state index contributed by atoms with van der Waals surface area (Å²) in [5.41, 5.74) is 1.51. The van der Waals surface area contributed by atoms with Gasteiger partial charge in [0, 0.05) is 25.2 Å². The lowest BCUT2D eigenvalue weighted by Crippen LogP contribution is -2.47. The normalized spacial score (nSPS) is 23.0. The van der Waals surface area contributed by atoms with E-state index < -0.39 is 0 Å². The van der Waals surface area contributed by atoms with Gasteiger partial charge in [-0.3, -0.25) is 4.79 Å². The number of oxazole rings is 1. The molecule has 110 valence electrons. The number of rotatable bonds is 2. The molecule has 5 heteroatoms. The summed E-state index contributed by atoms with van der Waals surface area (Å²) in [5, 5.41) is 0. The summed E-state index contributed by atoms with van der Waals surface area (Å²) in [4.78, 5) is 18.3. The van der Waals surface area contributed by atoms with Crippen LogP contribution in [0.15, 0.2) is 34.8 Å². The highest BCUT2D eigenvalue weighted by Crippen LogP contribution is 2.16. The Hall–Kier alpha value is -2.14. The second kappa shape index (κ2) is 5.69. The quantitative estimate of drug-likeness (QED) is 0.796. The van der Waals surface area contributed by atoms with Crippen molar-refractivity contribution in [2.45, 2.75) is 26.1 Å². The third-order valence-corrected chi connectivity index (χ3v) is 3.41. The summed E-state index contributed by atoms with van der Waals surface area (Å²) < 4.78 is 11.2. The van der Waals surface area contributed by atoms with Crippen LogP contribution >= 0.6 is 0 Å². The van der Waals surface area contributed by atoms with Gasteiger partial charge in [0.25, 0.3) is 0 Å². The summed E-state index contributed by atoms with van der Waals surface area (Å²) in [7, 11) is 0. The fourth-order valence-corrected chi connectivity index (χ4v) is 2.57. The fraction of sp³-hybridized carbons (Fsp3) is 0.375. The number of morpholine rings is 1. The van der Waals surface area contributed by atoms with E-state index in [4.69, 9.17) is 9.15 Å². The van der Waals surface area contributed by atoms with Gasteiger partial charge in [-0.05, 0) is 26.0 Å². The average Bonchev–Trinajstić information content (AvgIpc) is 2.86. The van der Waals surface area contributed by atoms with Crippen molar-refractivity contribution in [3.63, 3.8) is 0 Å². The van der Waals surface area contributed by atoms with Crippen molar-refractivity contribution >= 4 is 23.1 Å². The standard InChI is InChI=1S/C16H18N2O3/c1-11-9-18(10-12(2)20-11)16(19)8-7-15-17-13-5-3-4-6-14(13)21-15/h3-8,11-12H,9-10H2,1-2H3/b8-7+/t11-,12-/m0/s1. The lowest BCUT2D eigenvalue weighted by atomic mass is 10.2. The Labute approximate surface area is 123 Å². The summed E-state index contributed by atoms with van der Waals surface area (Å²) in [6.07, 6.45) is 3.26. The summed E-state index contributed by atoms with van der Waals surface area (Å²) in [5.74, 6) is 0.401. The van der Waals surface area contributed by atoms with E-state index in [1.165, 1.54) is 6.08 Å². The van der Waals surface area contributed by atoms with Gasteiger partial charge in [0.15, 0.2) is 5.58 Å². The predicted molar refractivity (Wildman–Crippen MR) is 79.6 cm³/mol. The zero-order valence-corrected chi connectivity index (χ0v) is 12.2. The number of carbonyl (C=O) groups is 1. The van der Waals surface area contributed by atoms with E-state index >= 15 is 0 Å². The van der Waals surface area contributed by atoms with Crippen LogP contribution in [0.4, 0.5) is 0 Å². The Kier molecular flexibility index (Phi) is 3.75. The van der Waals surface area contributed by atoms with Gasteiger partial charge in [0.2, 0.25) is 11.8 Å². The lowest BCUT2D eigenvalue weighted by molar-refractivity contribution is -0.137. The molecule has 0 unspecified atom stereocenters. The molecule has 2 aromatic rings. The molecule has 5 nitrogen and oxygen atoms in total. The number of benzene rings is 1. The minimum atomic E-state index is -0.0424. The first-order valence-corrected chi connectivity index (χ1v) is 7.10. The van der Waals surface area contributed by atoms with Crippen LogP contribution in [0.5, 0.6) is 0 Å². The molecule has 0 radical (unpaired) electrons. The van der Waals surface area contributed by atoms with Crippen LogP contribution < -0.4 is 0 Å². The maximum atomic E-state index is 12.2. The van der Waals surface area contributed by atoms with Crippen molar-refractivity contribution in [1.29, 1.82) is 0 Å². The molecule has 1 aliphatic rings. The van der Waals surface area contributed by atoms with Crippen molar-refractivity contribution < 1.29 is 13.9 Å². The largest absolute Gasteiger partial charge is 0.437 e. The zero-order chi connectivity index (χ0) is 14.8. The van der Waals surface area contributed by atoms with E-state index in [1.807, 2.05) is 38.1 Å². The molecule has 0 aliphatic carbocycles. The number of para-hydroxylation sites is 2. The number of aromatic nitrogens is 1. The maximum absolute atomic E-state index is 12.2. The van der Waals surface area contributed by atoms with Crippen LogP contribution in [0.3, 0.4) is 0 Å². The molecule has 1 aliphatic heterocycles. The van der Waals surface area contributed by atoms with Gasteiger partial charge in [-0.1, -0.05) is 12.1 Å². The molecule has 1 aromatic heterocycles. The molecule has 0 saturated carbocycles. The lowest BCUT2D eigenvalue weighted by Gasteiger charge is -2.34. The molecule has 2 heterocycles. The Morgan fingerprint density at radius 1 is 1.29 bits per heavy atom. The van der Waals surface area contributed by atoms with Crippen molar-refractivity contribution in [2.75, 3.05) is 13.1 Å². The molecule has 2 atom stereocenters. The Morgan fingerprint density at radius 2 is 2.00 bits per heavy atom. The van der Waals surface area contributed by atoms with Crippen molar-refractivity contribution in [2.24, 2.45) is 0 Å². The van der Waals surface area contributed by atoms with E-state index in [0.717, 1.165) is 11.1 Å². The van der Waals surface area contributed by atoms with E-state index in [1.54, 1.807) is 11.0 Å². The number of carbonyl (C=O) groups excluding carboxylic acids is 1. The highest BCUT2D eigenvalue weighted by atomic mass is 16.5. The summed E-state index contributed by atoms with van der Waals surface area (Å²) >= 11 is 0. The molecule has 0 spiro atoms. The van der Waals surface area contributed by atoms with Crippen LogP contribution in [0.25, 0.3) is 17.2 Å². The molecular formula is C16H18N2O3. The third kappa shape index (κ3) is 3.13. The van der Waals surface area contributed by atoms with Crippen LogP contribution in [0.2, 0.25) is 0 Å². The van der Waals surface area contributed by atoms with E-state index in [-0.39, 0.29) is 18.1 Å². The molecule has 1 aromatic carbocycles. The molecule has 3 rings (SSSR count). The molecule has 1 saturated heterocycles. The first kappa shape index (κ1) is 13.8. The number of amides is 1. The van der Waals surface area contributed by atoms with Gasteiger partial charge < -0.3 is 14.1 Å². The highest BCUT2D eigenvalue weighted by molar-refractivity contribution is 5.91. The number of nitrogens with zero attached hydrogens (tertiary/aromatic N) is 2. The van der Waals surface area contributed by atoms with E-state index in [9.17, 15) is 4.79 Å². The van der Waals surface area contributed by atoms with Crippen molar-refractivity contribution in [1.82, 2.24) is 9.88 Å². The first-order chi connectivity index (χ1) is 10.1. The second-order valence-corrected chi connectivity index (χ2v) is 5.35. The molecule has 1 fully saturated rings. The Morgan fingerprint density at radius 3 is 2.71 bits per heavy atom. The minimum Gasteiger partial charge on any atom is -0.437 e. The van der Waals surface area contributed by atoms with Crippen LogP contribution in [0, 0.1) is 0 Å². The van der Waals surface area contributed by atoms with Crippen molar-refractivity contribution in [3.8, 4) is 0 Å². The smallest absolute Gasteiger partial charge is 0.246 e. The van der Waals surface area contributed by atoms with Crippen LogP contribution in [-0.2, 0) is 9.53 Å². The van der Waals surface area contributed by atoms with Gasteiger partial charge in [0.1, 0.15) is 5.52 Å². The van der Waals surface area contributed by atoms with Gasteiger partial charge >= 0.3 is 0 Å². The highest BCUT2D eigenvalue weighted by Gasteiger charge is 2.24. The number of hydrogen-bond donors (Lipinski definition) is 0. The number of fused-ring (bicyclic) bond motifs is 1. The van der Waals surface area contributed by atoms with Gasteiger partial charge in [-0.25, -0.2) is 4.98 Å². The number of ether oxygens (including phenoxy) is 1. The average molecular weight is 286 g/mol. The third-order valence-electron chi connectivity index (χ3n) is 3.41. The Bertz CT molecular complexity index is 634. The van der Waals surface area contributed by atoms with Crippen LogP contribution in [0.1, 0.15) is 19.7 Å². The molecule has 1 amide bonds. The predicted octanol–water partition coefficient (Wildman–Crippen LogP) is 2.48. The summed E-state index contributed by atoms with van der Waals surface area (Å²) in [6, 6.07) is 7.53. The SMILES string of the molecule is C[C@H]1CN(C(=O)/C=C/c2nc3ccccc3o2)C[C@H](C)O1. The number of hydrogen-bond acceptors (Lipinski definition) is 4. The monoisotopic (exact) mass is 286 g/mol. The Balaban J connectivity index is 1.71. The molecule has 0 N–H and O–H groups in total. The maximum Gasteiger partial charge on any atom is 0.246 e. The van der Waals surface area contributed by atoms with Crippen LogP contribution in [-0.4, -0.2) is 41.1 Å². The zero-order valence-electron chi connectivity index (χ0n) is 12.2. The first-order valence-electron chi connectivity index (χ1n) is 7.10. The van der Waals surface area contributed by atoms with E-state index in [2.05, 4.69) is 4.98 Å². The molecular weight excluding hydrogens is 268 g/mol. The van der Waals surface area contributed by atoms with Gasteiger partial charge in [-0.2, -0.15) is 0 Å². The summed E-state index contributed by atoms with van der Waals surface area (Å²) in [6.45, 7) is 5.17. The van der Waals surface area contributed by atoms with Gasteiger partial charge in [0.05, 0.1) is 12.2 Å². The molecule has 0 bridgehead atoms. The molecule has 21 heavy (non-hydrogen) atoms.